The van der Waals surface area contributed by atoms with Crippen LogP contribution in [0, 0.1) is 0 Å². The van der Waals surface area contributed by atoms with Gasteiger partial charge in [-0.25, -0.2) is 0 Å². The maximum atomic E-state index is 12.2. The van der Waals surface area contributed by atoms with Crippen LogP contribution in [-0.4, -0.2) is 27.2 Å². The van der Waals surface area contributed by atoms with Gasteiger partial charge in [-0.05, 0) is 49.6 Å². The molecule has 1 fully saturated rings. The predicted molar refractivity (Wildman–Crippen MR) is 106 cm³/mol. The molecule has 0 saturated carbocycles. The summed E-state index contributed by atoms with van der Waals surface area (Å²) in [5.41, 5.74) is 2.75. The van der Waals surface area contributed by atoms with Crippen molar-refractivity contribution in [1.29, 1.82) is 0 Å². The molecule has 2 aromatic rings. The largest absolute Gasteiger partial charge is 0.372 e. The van der Waals surface area contributed by atoms with Crippen LogP contribution in [-0.2, 0) is 10.0 Å². The summed E-state index contributed by atoms with van der Waals surface area (Å²) in [5, 5.41) is 4.06. The summed E-state index contributed by atoms with van der Waals surface area (Å²) in [6, 6.07) is 16.4. The Hall–Kier alpha value is -2.34. The molecule has 0 unspecified atom stereocenters. The van der Waals surface area contributed by atoms with Crippen LogP contribution < -0.4 is 9.73 Å². The van der Waals surface area contributed by atoms with Crippen molar-refractivity contribution in [2.75, 3.05) is 18.0 Å². The van der Waals surface area contributed by atoms with E-state index >= 15 is 0 Å². The van der Waals surface area contributed by atoms with Crippen LogP contribution in [0.2, 0.25) is 0 Å². The van der Waals surface area contributed by atoms with E-state index in [1.54, 1.807) is 37.3 Å². The Bertz CT molecular complexity index is 838. The van der Waals surface area contributed by atoms with Gasteiger partial charge < -0.3 is 4.90 Å². The van der Waals surface area contributed by atoms with Gasteiger partial charge in [-0.15, -0.1) is 0 Å². The Kier molecular flexibility index (Phi) is 5.93. The zero-order chi connectivity index (χ0) is 18.4. The fourth-order valence-corrected chi connectivity index (χ4v) is 3.97. The molecule has 0 aliphatic carbocycles. The van der Waals surface area contributed by atoms with E-state index in [1.807, 2.05) is 12.1 Å². The second-order valence-electron chi connectivity index (χ2n) is 6.55. The molecule has 6 heteroatoms. The van der Waals surface area contributed by atoms with Crippen molar-refractivity contribution in [3.63, 3.8) is 0 Å². The first-order valence-electron chi connectivity index (χ1n) is 9.03. The summed E-state index contributed by atoms with van der Waals surface area (Å²) in [4.78, 5) is 4.93. The van der Waals surface area contributed by atoms with E-state index in [1.165, 1.54) is 31.4 Å². The molecule has 0 aromatic heterocycles. The molecule has 1 N–H and O–H groups in total. The van der Waals surface area contributed by atoms with Gasteiger partial charge in [0.25, 0.3) is 10.0 Å². The Morgan fingerprint density at radius 1 is 0.923 bits per heavy atom. The molecule has 1 aliphatic rings. The van der Waals surface area contributed by atoms with Gasteiger partial charge in [-0.3, -0.25) is 0 Å². The fraction of sp³-hybridized carbons (Fsp3) is 0.350. The maximum absolute atomic E-state index is 12.2. The van der Waals surface area contributed by atoms with E-state index < -0.39 is 10.0 Å². The summed E-state index contributed by atoms with van der Waals surface area (Å²) < 4.78 is 24.5. The molecule has 1 saturated heterocycles. The van der Waals surface area contributed by atoms with E-state index in [9.17, 15) is 8.42 Å². The molecular formula is C20H25N3O2S. The van der Waals surface area contributed by atoms with Crippen LogP contribution in [0.1, 0.15) is 38.2 Å². The third-order valence-corrected chi connectivity index (χ3v) is 5.87. The molecule has 0 bridgehead atoms. The number of hydrazone groups is 1. The average Bonchev–Trinajstić information content (AvgIpc) is 2.96. The number of nitrogens with zero attached hydrogens (tertiary/aromatic N) is 2. The van der Waals surface area contributed by atoms with Gasteiger partial charge in [0, 0.05) is 18.8 Å². The molecule has 1 aliphatic heterocycles. The first-order chi connectivity index (χ1) is 12.6. The van der Waals surface area contributed by atoms with Crippen LogP contribution in [0.5, 0.6) is 0 Å². The lowest BCUT2D eigenvalue weighted by Crippen LogP contribution is -2.23. The molecule has 0 atom stereocenters. The van der Waals surface area contributed by atoms with E-state index in [0.29, 0.717) is 5.71 Å². The predicted octanol–water partition coefficient (Wildman–Crippen LogP) is 3.77. The van der Waals surface area contributed by atoms with Crippen molar-refractivity contribution in [3.05, 3.63) is 60.2 Å². The molecule has 26 heavy (non-hydrogen) atoms. The number of anilines is 1. The smallest absolute Gasteiger partial charge is 0.276 e. The lowest BCUT2D eigenvalue weighted by Gasteiger charge is -2.22. The van der Waals surface area contributed by atoms with Crippen molar-refractivity contribution < 1.29 is 8.42 Å². The molecular weight excluding hydrogens is 346 g/mol. The second-order valence-corrected chi connectivity index (χ2v) is 8.21. The number of hydrogen-bond donors (Lipinski definition) is 1. The number of sulfonamides is 1. The Morgan fingerprint density at radius 3 is 2.15 bits per heavy atom. The molecule has 3 rings (SSSR count). The highest BCUT2D eigenvalue weighted by molar-refractivity contribution is 7.89. The summed E-state index contributed by atoms with van der Waals surface area (Å²) in [6.45, 7) is 4.00. The summed E-state index contributed by atoms with van der Waals surface area (Å²) >= 11 is 0. The fourth-order valence-electron chi connectivity index (χ4n) is 3.09. The van der Waals surface area contributed by atoms with Crippen molar-refractivity contribution >= 4 is 21.4 Å². The van der Waals surface area contributed by atoms with Crippen LogP contribution in [0.15, 0.2) is 64.6 Å². The van der Waals surface area contributed by atoms with Gasteiger partial charge in [0.15, 0.2) is 0 Å². The molecule has 5 nitrogen and oxygen atoms in total. The highest BCUT2D eigenvalue weighted by atomic mass is 32.2. The van der Waals surface area contributed by atoms with Crippen LogP contribution in [0.3, 0.4) is 0 Å². The van der Waals surface area contributed by atoms with Gasteiger partial charge >= 0.3 is 0 Å². The molecule has 2 aromatic carbocycles. The highest BCUT2D eigenvalue weighted by Crippen LogP contribution is 2.20. The zero-order valence-electron chi connectivity index (χ0n) is 15.1. The van der Waals surface area contributed by atoms with E-state index in [0.717, 1.165) is 18.7 Å². The van der Waals surface area contributed by atoms with E-state index in [2.05, 4.69) is 27.0 Å². The lowest BCUT2D eigenvalue weighted by molar-refractivity contribution is 0.584. The van der Waals surface area contributed by atoms with Crippen LogP contribution in [0.25, 0.3) is 0 Å². The van der Waals surface area contributed by atoms with Gasteiger partial charge in [-0.1, -0.05) is 43.2 Å². The highest BCUT2D eigenvalue weighted by Gasteiger charge is 2.13. The molecule has 0 radical (unpaired) electrons. The van der Waals surface area contributed by atoms with Crippen molar-refractivity contribution in [1.82, 2.24) is 4.83 Å². The monoisotopic (exact) mass is 371 g/mol. The summed E-state index contributed by atoms with van der Waals surface area (Å²) in [7, 11) is -3.64. The lowest BCUT2D eigenvalue weighted by atomic mass is 10.1. The SMILES string of the molecule is CC(=NNS(=O)(=O)c1ccccc1)c1ccc(N2CCCCCC2)cc1. The third kappa shape index (κ3) is 4.64. The minimum atomic E-state index is -3.64. The Balaban J connectivity index is 1.69. The average molecular weight is 372 g/mol. The van der Waals surface area contributed by atoms with Crippen LogP contribution in [0.4, 0.5) is 5.69 Å². The Labute approximate surface area is 155 Å². The topological polar surface area (TPSA) is 61.8 Å². The molecule has 0 amide bonds. The second kappa shape index (κ2) is 8.36. The number of nitrogens with one attached hydrogen (secondary N) is 1. The molecule has 1 heterocycles. The van der Waals surface area contributed by atoms with Crippen molar-refractivity contribution in [2.24, 2.45) is 5.10 Å². The quantitative estimate of drug-likeness (QED) is 0.643. The van der Waals surface area contributed by atoms with Crippen molar-refractivity contribution in [2.45, 2.75) is 37.5 Å². The first-order valence-corrected chi connectivity index (χ1v) is 10.5. The normalized spacial score (nSPS) is 16.2. The summed E-state index contributed by atoms with van der Waals surface area (Å²) in [5.74, 6) is 0. The van der Waals surface area contributed by atoms with E-state index in [4.69, 9.17) is 0 Å². The molecule has 138 valence electrons. The van der Waals surface area contributed by atoms with E-state index in [-0.39, 0.29) is 4.90 Å². The zero-order valence-corrected chi connectivity index (χ0v) is 15.9. The van der Waals surface area contributed by atoms with Gasteiger partial charge in [-0.2, -0.15) is 18.4 Å². The maximum Gasteiger partial charge on any atom is 0.276 e. The minimum absolute atomic E-state index is 0.202. The standard InChI is InChI=1S/C20H25N3O2S/c1-17(21-22-26(24,25)20-9-5-4-6-10-20)18-11-13-19(14-12-18)23-15-7-2-3-8-16-23/h4-6,9-14,22H,2-3,7-8,15-16H2,1H3. The Morgan fingerprint density at radius 2 is 1.54 bits per heavy atom. The summed E-state index contributed by atoms with van der Waals surface area (Å²) in [6.07, 6.45) is 5.09. The van der Waals surface area contributed by atoms with Gasteiger partial charge in [0.1, 0.15) is 0 Å². The number of hydrogen-bond acceptors (Lipinski definition) is 4. The first kappa shape index (κ1) is 18.5. The number of rotatable bonds is 5. The minimum Gasteiger partial charge on any atom is -0.372 e. The molecule has 0 spiro atoms. The third-order valence-electron chi connectivity index (χ3n) is 4.64. The van der Waals surface area contributed by atoms with Crippen molar-refractivity contribution in [3.8, 4) is 0 Å². The number of benzene rings is 2. The van der Waals surface area contributed by atoms with Gasteiger partial charge in [0.05, 0.1) is 10.6 Å². The van der Waals surface area contributed by atoms with Gasteiger partial charge in [0.2, 0.25) is 0 Å². The van der Waals surface area contributed by atoms with Crippen LogP contribution >= 0.6 is 0 Å².